The van der Waals surface area contributed by atoms with E-state index in [2.05, 4.69) is 5.10 Å². The molecule has 0 radical (unpaired) electrons. The van der Waals surface area contributed by atoms with Gasteiger partial charge in [-0.05, 0) is 43.2 Å². The number of rotatable bonds is 5. The molecule has 0 aliphatic carbocycles. The van der Waals surface area contributed by atoms with Crippen LogP contribution in [0.2, 0.25) is 0 Å². The third kappa shape index (κ3) is 4.11. The van der Waals surface area contributed by atoms with Crippen LogP contribution in [0.5, 0.6) is 0 Å². The van der Waals surface area contributed by atoms with Crippen molar-refractivity contribution in [2.45, 2.75) is 37.3 Å². The fourth-order valence-electron chi connectivity index (χ4n) is 2.09. The van der Waals surface area contributed by atoms with Crippen molar-refractivity contribution in [3.8, 4) is 5.69 Å². The van der Waals surface area contributed by atoms with Gasteiger partial charge in [-0.3, -0.25) is 0 Å². The van der Waals surface area contributed by atoms with E-state index in [-0.39, 0.29) is 4.90 Å². The molecule has 0 unspecified atom stereocenters. The van der Waals surface area contributed by atoms with Crippen LogP contribution in [-0.2, 0) is 22.6 Å². The van der Waals surface area contributed by atoms with E-state index in [0.29, 0.717) is 17.8 Å². The molecule has 2 N–H and O–H groups in total. The SMILES string of the molecule is CCCCc1cc(C(F)(F)F)nn1-c1ccc(S(N)(=O)=O)cc1. The maximum Gasteiger partial charge on any atom is 0.435 e. The summed E-state index contributed by atoms with van der Waals surface area (Å²) >= 11 is 0. The number of aromatic nitrogens is 2. The molecular formula is C14H16F3N3O2S. The summed E-state index contributed by atoms with van der Waals surface area (Å²) in [5.74, 6) is 0. The number of sulfonamides is 1. The van der Waals surface area contributed by atoms with Crippen molar-refractivity contribution in [1.82, 2.24) is 9.78 Å². The van der Waals surface area contributed by atoms with Gasteiger partial charge in [0.25, 0.3) is 0 Å². The number of nitrogens with two attached hydrogens (primary N) is 1. The molecule has 1 heterocycles. The summed E-state index contributed by atoms with van der Waals surface area (Å²) in [7, 11) is -3.85. The molecule has 0 fully saturated rings. The predicted molar refractivity (Wildman–Crippen MR) is 78.6 cm³/mol. The van der Waals surface area contributed by atoms with Crippen molar-refractivity contribution < 1.29 is 21.6 Å². The monoisotopic (exact) mass is 347 g/mol. The molecule has 9 heteroatoms. The maximum atomic E-state index is 12.9. The summed E-state index contributed by atoms with van der Waals surface area (Å²) in [6, 6.07) is 6.25. The van der Waals surface area contributed by atoms with Crippen LogP contribution < -0.4 is 5.14 Å². The van der Waals surface area contributed by atoms with Crippen LogP contribution in [0.25, 0.3) is 5.69 Å². The van der Waals surface area contributed by atoms with Crippen LogP contribution >= 0.6 is 0 Å². The molecule has 1 aromatic heterocycles. The van der Waals surface area contributed by atoms with Crippen LogP contribution in [-0.4, -0.2) is 18.2 Å². The van der Waals surface area contributed by atoms with E-state index in [1.54, 1.807) is 0 Å². The summed E-state index contributed by atoms with van der Waals surface area (Å²) in [6.45, 7) is 1.94. The summed E-state index contributed by atoms with van der Waals surface area (Å²) < 4.78 is 62.3. The quantitative estimate of drug-likeness (QED) is 0.903. The molecule has 1 aromatic carbocycles. The number of benzene rings is 1. The van der Waals surface area contributed by atoms with Crippen LogP contribution in [0.3, 0.4) is 0 Å². The normalized spacial score (nSPS) is 12.6. The molecule has 5 nitrogen and oxygen atoms in total. The average molecular weight is 347 g/mol. The van der Waals surface area contributed by atoms with E-state index in [4.69, 9.17) is 5.14 Å². The van der Waals surface area contributed by atoms with Crippen molar-refractivity contribution in [1.29, 1.82) is 0 Å². The lowest BCUT2D eigenvalue weighted by Gasteiger charge is -2.08. The van der Waals surface area contributed by atoms with Crippen LogP contribution in [0.4, 0.5) is 13.2 Å². The minimum Gasteiger partial charge on any atom is -0.237 e. The Morgan fingerprint density at radius 1 is 1.22 bits per heavy atom. The Balaban J connectivity index is 2.46. The van der Waals surface area contributed by atoms with Crippen LogP contribution in [0, 0.1) is 0 Å². The second kappa shape index (κ2) is 6.32. The highest BCUT2D eigenvalue weighted by atomic mass is 32.2. The van der Waals surface area contributed by atoms with E-state index in [0.717, 1.165) is 18.9 Å². The molecule has 0 saturated carbocycles. The van der Waals surface area contributed by atoms with Gasteiger partial charge in [-0.1, -0.05) is 13.3 Å². The smallest absolute Gasteiger partial charge is 0.237 e. The van der Waals surface area contributed by atoms with Crippen molar-refractivity contribution in [2.75, 3.05) is 0 Å². The van der Waals surface area contributed by atoms with Gasteiger partial charge in [-0.2, -0.15) is 18.3 Å². The molecule has 0 atom stereocenters. The molecule has 0 aliphatic rings. The van der Waals surface area contributed by atoms with Gasteiger partial charge in [0.1, 0.15) is 0 Å². The fraction of sp³-hybridized carbons (Fsp3) is 0.357. The van der Waals surface area contributed by atoms with Crippen molar-refractivity contribution in [3.05, 3.63) is 41.7 Å². The highest BCUT2D eigenvalue weighted by Gasteiger charge is 2.35. The van der Waals surface area contributed by atoms with Gasteiger partial charge in [0.05, 0.1) is 10.6 Å². The predicted octanol–water partition coefficient (Wildman–Crippen LogP) is 2.88. The highest BCUT2D eigenvalue weighted by molar-refractivity contribution is 7.89. The van der Waals surface area contributed by atoms with Gasteiger partial charge in [-0.15, -0.1) is 0 Å². The number of unbranched alkanes of at least 4 members (excludes halogenated alkanes) is 1. The molecule has 2 aromatic rings. The minimum absolute atomic E-state index is 0.112. The highest BCUT2D eigenvalue weighted by Crippen LogP contribution is 2.30. The third-order valence-corrected chi connectivity index (χ3v) is 4.20. The zero-order valence-electron chi connectivity index (χ0n) is 12.3. The summed E-state index contributed by atoms with van der Waals surface area (Å²) in [4.78, 5) is -0.112. The first-order chi connectivity index (χ1) is 10.6. The van der Waals surface area contributed by atoms with Gasteiger partial charge in [0, 0.05) is 5.69 Å². The van der Waals surface area contributed by atoms with Crippen molar-refractivity contribution >= 4 is 10.0 Å². The summed E-state index contributed by atoms with van der Waals surface area (Å²) in [5.41, 5.74) is -0.208. The van der Waals surface area contributed by atoms with Gasteiger partial charge >= 0.3 is 6.18 Å². The van der Waals surface area contributed by atoms with E-state index in [1.807, 2.05) is 6.92 Å². The number of primary sulfonamides is 1. The standard InChI is InChI=1S/C14H16F3N3O2S/c1-2-3-4-11-9-13(14(15,16)17)19-20(11)10-5-7-12(8-6-10)23(18,21)22/h5-9H,2-4H2,1H3,(H2,18,21,22). The molecule has 126 valence electrons. The first-order valence-electron chi connectivity index (χ1n) is 6.92. The number of halogens is 3. The van der Waals surface area contributed by atoms with Gasteiger partial charge in [0.2, 0.25) is 10.0 Å². The number of hydrogen-bond donors (Lipinski definition) is 1. The van der Waals surface area contributed by atoms with E-state index >= 15 is 0 Å². The second-order valence-corrected chi connectivity index (χ2v) is 6.63. The number of alkyl halides is 3. The fourth-order valence-corrected chi connectivity index (χ4v) is 2.61. The molecule has 0 bridgehead atoms. The maximum absolute atomic E-state index is 12.9. The molecule has 23 heavy (non-hydrogen) atoms. The Bertz CT molecular complexity index is 781. The van der Waals surface area contributed by atoms with Crippen molar-refractivity contribution in [3.63, 3.8) is 0 Å². The third-order valence-electron chi connectivity index (χ3n) is 3.27. The number of hydrogen-bond acceptors (Lipinski definition) is 3. The number of aryl methyl sites for hydroxylation is 1. The van der Waals surface area contributed by atoms with E-state index in [9.17, 15) is 21.6 Å². The van der Waals surface area contributed by atoms with Gasteiger partial charge in [-0.25, -0.2) is 18.2 Å². The molecule has 0 saturated heterocycles. The zero-order valence-corrected chi connectivity index (χ0v) is 13.2. The lowest BCUT2D eigenvalue weighted by molar-refractivity contribution is -0.141. The number of nitrogens with zero attached hydrogens (tertiary/aromatic N) is 2. The minimum atomic E-state index is -4.53. The lowest BCUT2D eigenvalue weighted by Crippen LogP contribution is -2.12. The molecule has 0 amide bonds. The molecular weight excluding hydrogens is 331 g/mol. The van der Waals surface area contributed by atoms with Crippen molar-refractivity contribution in [2.24, 2.45) is 5.14 Å². The Labute approximate surface area is 132 Å². The Kier molecular flexibility index (Phi) is 4.81. The second-order valence-electron chi connectivity index (χ2n) is 5.07. The van der Waals surface area contributed by atoms with E-state index in [1.165, 1.54) is 28.9 Å². The summed E-state index contributed by atoms with van der Waals surface area (Å²) in [6.07, 6.45) is -2.54. The zero-order chi connectivity index (χ0) is 17.3. The largest absolute Gasteiger partial charge is 0.435 e. The first-order valence-corrected chi connectivity index (χ1v) is 8.47. The molecule has 2 rings (SSSR count). The topological polar surface area (TPSA) is 78.0 Å². The van der Waals surface area contributed by atoms with Crippen LogP contribution in [0.1, 0.15) is 31.2 Å². The van der Waals surface area contributed by atoms with Crippen LogP contribution in [0.15, 0.2) is 35.2 Å². The lowest BCUT2D eigenvalue weighted by atomic mass is 10.2. The molecule has 0 spiro atoms. The average Bonchev–Trinajstić information content (AvgIpc) is 2.88. The van der Waals surface area contributed by atoms with E-state index < -0.39 is 21.9 Å². The Hall–Kier alpha value is -1.87. The first kappa shape index (κ1) is 17.5. The Morgan fingerprint density at radius 3 is 2.30 bits per heavy atom. The van der Waals surface area contributed by atoms with Gasteiger partial charge in [0.15, 0.2) is 5.69 Å². The summed E-state index contributed by atoms with van der Waals surface area (Å²) in [5, 5.41) is 8.61. The molecule has 0 aliphatic heterocycles. The van der Waals surface area contributed by atoms with Gasteiger partial charge < -0.3 is 0 Å². The Morgan fingerprint density at radius 2 is 1.83 bits per heavy atom.